The van der Waals surface area contributed by atoms with Crippen molar-refractivity contribution >= 4 is 45.1 Å². The number of nitrogens with zero attached hydrogens (tertiary/aromatic N) is 2. The number of amides is 2. The quantitative estimate of drug-likeness (QED) is 0.723. The number of hydrogen-bond acceptors (Lipinski definition) is 3. The van der Waals surface area contributed by atoms with Gasteiger partial charge < -0.3 is 15.1 Å². The summed E-state index contributed by atoms with van der Waals surface area (Å²) in [6, 6.07) is 14.3. The molecule has 2 aromatic rings. The van der Waals surface area contributed by atoms with Gasteiger partial charge >= 0.3 is 6.03 Å². The molecule has 1 heterocycles. The number of carbonyl (C=O) groups is 1. The predicted octanol–water partition coefficient (Wildman–Crippen LogP) is 4.83. The van der Waals surface area contributed by atoms with E-state index >= 15 is 0 Å². The SMILES string of the molecule is CSc1ccccc1N1CCN(C(=O)Nc2ccc(Br)cc2C)CC1. The van der Waals surface area contributed by atoms with Crippen molar-refractivity contribution in [2.24, 2.45) is 0 Å². The van der Waals surface area contributed by atoms with Crippen LogP contribution in [0.2, 0.25) is 0 Å². The lowest BCUT2D eigenvalue weighted by Crippen LogP contribution is -2.50. The summed E-state index contributed by atoms with van der Waals surface area (Å²) in [5.74, 6) is 0. The summed E-state index contributed by atoms with van der Waals surface area (Å²) in [6.07, 6.45) is 2.10. The van der Waals surface area contributed by atoms with Crippen molar-refractivity contribution < 1.29 is 4.79 Å². The van der Waals surface area contributed by atoms with Gasteiger partial charge in [0, 0.05) is 41.2 Å². The fraction of sp³-hybridized carbons (Fsp3) is 0.316. The van der Waals surface area contributed by atoms with Crippen LogP contribution >= 0.6 is 27.7 Å². The Balaban J connectivity index is 1.61. The van der Waals surface area contributed by atoms with Crippen molar-refractivity contribution in [2.75, 3.05) is 42.7 Å². The molecule has 1 saturated heterocycles. The first kappa shape index (κ1) is 18.1. The van der Waals surface area contributed by atoms with E-state index in [0.29, 0.717) is 0 Å². The van der Waals surface area contributed by atoms with E-state index in [1.807, 2.05) is 30.0 Å². The molecule has 1 aliphatic heterocycles. The van der Waals surface area contributed by atoms with E-state index in [1.165, 1.54) is 10.6 Å². The molecule has 4 nitrogen and oxygen atoms in total. The number of piperazine rings is 1. The molecule has 3 rings (SSSR count). The Bertz CT molecular complexity index is 760. The van der Waals surface area contributed by atoms with Crippen molar-refractivity contribution in [1.82, 2.24) is 4.90 Å². The number of hydrogen-bond donors (Lipinski definition) is 1. The number of para-hydroxylation sites is 1. The maximum absolute atomic E-state index is 12.6. The zero-order valence-corrected chi connectivity index (χ0v) is 16.9. The Morgan fingerprint density at radius 3 is 2.52 bits per heavy atom. The van der Waals surface area contributed by atoms with Crippen LogP contribution in [-0.4, -0.2) is 43.4 Å². The lowest BCUT2D eigenvalue weighted by atomic mass is 10.2. The Morgan fingerprint density at radius 2 is 1.84 bits per heavy atom. The highest BCUT2D eigenvalue weighted by molar-refractivity contribution is 9.10. The second-order valence-corrected chi connectivity index (χ2v) is 7.80. The Hall–Kier alpha value is -1.66. The van der Waals surface area contributed by atoms with Gasteiger partial charge in [-0.2, -0.15) is 0 Å². The maximum Gasteiger partial charge on any atom is 0.321 e. The normalized spacial score (nSPS) is 14.5. The summed E-state index contributed by atoms with van der Waals surface area (Å²) in [5.41, 5.74) is 3.18. The first-order valence-electron chi connectivity index (χ1n) is 8.28. The standard InChI is InChI=1S/C19H22BrN3OS/c1-14-13-15(20)7-8-16(14)21-19(24)23-11-9-22(10-12-23)17-5-3-4-6-18(17)25-2/h3-8,13H,9-12H2,1-2H3,(H,21,24). The first-order chi connectivity index (χ1) is 12.1. The molecule has 1 aliphatic rings. The number of rotatable bonds is 3. The molecular weight excluding hydrogens is 398 g/mol. The molecule has 0 bridgehead atoms. The smallest absolute Gasteiger partial charge is 0.321 e. The number of urea groups is 1. The fourth-order valence-electron chi connectivity index (χ4n) is 3.00. The van der Waals surface area contributed by atoms with Crippen LogP contribution in [0, 0.1) is 6.92 Å². The molecule has 1 N–H and O–H groups in total. The molecule has 1 fully saturated rings. The third-order valence-corrected chi connectivity index (χ3v) is 5.70. The highest BCUT2D eigenvalue weighted by Gasteiger charge is 2.22. The zero-order chi connectivity index (χ0) is 17.8. The predicted molar refractivity (Wildman–Crippen MR) is 110 cm³/mol. The van der Waals surface area contributed by atoms with Crippen molar-refractivity contribution in [3.63, 3.8) is 0 Å². The van der Waals surface area contributed by atoms with E-state index in [-0.39, 0.29) is 6.03 Å². The fourth-order valence-corrected chi connectivity index (χ4v) is 4.10. The minimum atomic E-state index is -0.0248. The largest absolute Gasteiger partial charge is 0.367 e. The summed E-state index contributed by atoms with van der Waals surface area (Å²) in [4.78, 5) is 18.1. The molecule has 0 saturated carbocycles. The lowest BCUT2D eigenvalue weighted by molar-refractivity contribution is 0.208. The van der Waals surface area contributed by atoms with Gasteiger partial charge in [-0.05, 0) is 49.1 Å². The Labute approximate surface area is 161 Å². The van der Waals surface area contributed by atoms with Crippen molar-refractivity contribution in [3.05, 3.63) is 52.5 Å². The number of anilines is 2. The molecule has 2 aromatic carbocycles. The molecule has 2 amide bonds. The summed E-state index contributed by atoms with van der Waals surface area (Å²) in [6.45, 7) is 5.15. The van der Waals surface area contributed by atoms with Crippen LogP contribution in [-0.2, 0) is 0 Å². The summed E-state index contributed by atoms with van der Waals surface area (Å²) < 4.78 is 1.02. The number of nitrogens with one attached hydrogen (secondary N) is 1. The maximum atomic E-state index is 12.6. The first-order valence-corrected chi connectivity index (χ1v) is 10.3. The van der Waals surface area contributed by atoms with Gasteiger partial charge in [0.05, 0.1) is 5.69 Å². The van der Waals surface area contributed by atoms with E-state index in [2.05, 4.69) is 56.7 Å². The van der Waals surface area contributed by atoms with Crippen LogP contribution < -0.4 is 10.2 Å². The molecule has 0 atom stereocenters. The van der Waals surface area contributed by atoms with Gasteiger partial charge in [-0.15, -0.1) is 11.8 Å². The van der Waals surface area contributed by atoms with E-state index < -0.39 is 0 Å². The number of benzene rings is 2. The molecule has 6 heteroatoms. The minimum Gasteiger partial charge on any atom is -0.367 e. The van der Waals surface area contributed by atoms with Gasteiger partial charge in [0.25, 0.3) is 0 Å². The molecule has 0 radical (unpaired) electrons. The summed E-state index contributed by atoms with van der Waals surface area (Å²) in [7, 11) is 0. The van der Waals surface area contributed by atoms with Gasteiger partial charge in [0.1, 0.15) is 0 Å². The summed E-state index contributed by atoms with van der Waals surface area (Å²) in [5, 5.41) is 3.03. The van der Waals surface area contributed by atoms with Gasteiger partial charge in [0.15, 0.2) is 0 Å². The second kappa shape index (κ2) is 8.15. The minimum absolute atomic E-state index is 0.0248. The van der Waals surface area contributed by atoms with E-state index in [0.717, 1.165) is 41.9 Å². The molecule has 0 spiro atoms. The highest BCUT2D eigenvalue weighted by atomic mass is 79.9. The molecule has 0 aromatic heterocycles. The van der Waals surface area contributed by atoms with E-state index in [1.54, 1.807) is 11.8 Å². The highest BCUT2D eigenvalue weighted by Crippen LogP contribution is 2.29. The van der Waals surface area contributed by atoms with Crippen LogP contribution in [0.4, 0.5) is 16.2 Å². The molecule has 0 aliphatic carbocycles. The molecule has 25 heavy (non-hydrogen) atoms. The summed E-state index contributed by atoms with van der Waals surface area (Å²) >= 11 is 5.21. The van der Waals surface area contributed by atoms with Crippen molar-refractivity contribution in [2.45, 2.75) is 11.8 Å². The number of halogens is 1. The Morgan fingerprint density at radius 1 is 1.12 bits per heavy atom. The lowest BCUT2D eigenvalue weighted by Gasteiger charge is -2.36. The van der Waals surface area contributed by atoms with Crippen LogP contribution in [0.3, 0.4) is 0 Å². The average molecular weight is 420 g/mol. The number of carbonyl (C=O) groups excluding carboxylic acids is 1. The van der Waals surface area contributed by atoms with Crippen molar-refractivity contribution in [3.8, 4) is 0 Å². The van der Waals surface area contributed by atoms with E-state index in [4.69, 9.17) is 0 Å². The number of thioether (sulfide) groups is 1. The van der Waals surface area contributed by atoms with Crippen LogP contribution in [0.1, 0.15) is 5.56 Å². The second-order valence-electron chi connectivity index (χ2n) is 6.04. The van der Waals surface area contributed by atoms with Crippen LogP contribution in [0.5, 0.6) is 0 Å². The monoisotopic (exact) mass is 419 g/mol. The van der Waals surface area contributed by atoms with Crippen LogP contribution in [0.15, 0.2) is 51.8 Å². The van der Waals surface area contributed by atoms with Crippen LogP contribution in [0.25, 0.3) is 0 Å². The van der Waals surface area contributed by atoms with E-state index in [9.17, 15) is 4.79 Å². The van der Waals surface area contributed by atoms with Gasteiger partial charge in [-0.3, -0.25) is 0 Å². The van der Waals surface area contributed by atoms with Crippen molar-refractivity contribution in [1.29, 1.82) is 0 Å². The van der Waals surface area contributed by atoms with Gasteiger partial charge in [0.2, 0.25) is 0 Å². The molecule has 0 unspecified atom stereocenters. The third-order valence-electron chi connectivity index (χ3n) is 4.42. The average Bonchev–Trinajstić information content (AvgIpc) is 2.64. The Kier molecular flexibility index (Phi) is 5.91. The molecular formula is C19H22BrN3OS. The van der Waals surface area contributed by atoms with Gasteiger partial charge in [-0.25, -0.2) is 4.79 Å². The number of aryl methyl sites for hydroxylation is 1. The van der Waals surface area contributed by atoms with Gasteiger partial charge in [-0.1, -0.05) is 28.1 Å². The zero-order valence-electron chi connectivity index (χ0n) is 14.5. The topological polar surface area (TPSA) is 35.6 Å². The molecule has 132 valence electrons. The third kappa shape index (κ3) is 4.30.